The molecule has 0 aliphatic rings. The Hall–Kier alpha value is -2.37. The zero-order chi connectivity index (χ0) is 22.1. The van der Waals surface area contributed by atoms with Crippen LogP contribution in [0.4, 0.5) is 0 Å². The van der Waals surface area contributed by atoms with Crippen molar-refractivity contribution < 1.29 is 19.0 Å². The molecular formula is C23H27Cl2NO4. The van der Waals surface area contributed by atoms with Crippen molar-refractivity contribution in [3.8, 4) is 23.0 Å². The van der Waals surface area contributed by atoms with Gasteiger partial charge < -0.3 is 19.0 Å². The van der Waals surface area contributed by atoms with Gasteiger partial charge in [0.15, 0.2) is 0 Å². The molecule has 0 aliphatic carbocycles. The lowest BCUT2D eigenvalue weighted by molar-refractivity contribution is 0.0000980. The molecule has 5 nitrogen and oxygen atoms in total. The molecule has 0 saturated heterocycles. The topological polar surface area (TPSA) is 49.3 Å². The van der Waals surface area contributed by atoms with Crippen LogP contribution in [0.3, 0.4) is 0 Å². The first-order valence-corrected chi connectivity index (χ1v) is 10.2. The lowest BCUT2D eigenvalue weighted by Crippen LogP contribution is -2.18. The molecule has 0 heterocycles. The predicted molar refractivity (Wildman–Crippen MR) is 122 cm³/mol. The highest BCUT2D eigenvalue weighted by molar-refractivity contribution is 6.55. The van der Waals surface area contributed by atoms with Crippen LogP contribution in [0.1, 0.15) is 33.3 Å². The van der Waals surface area contributed by atoms with E-state index in [0.29, 0.717) is 24.7 Å². The van der Waals surface area contributed by atoms with E-state index < -0.39 is 0 Å². The third kappa shape index (κ3) is 8.97. The van der Waals surface area contributed by atoms with Crippen LogP contribution in [0.2, 0.25) is 0 Å². The standard InChI is InChI=1S/C23H27Cl2NO4/c1-16-14-20(27-13-12-22(24)25)10-11-21(16)29-19-8-6-18(7-9-19)28-15-17(2)26-30-23(3,4)5/h6-12,14H,13,15H2,1-5H3. The van der Waals surface area contributed by atoms with E-state index in [4.69, 9.17) is 42.3 Å². The number of nitrogens with zero attached hydrogens (tertiary/aromatic N) is 1. The average molecular weight is 452 g/mol. The van der Waals surface area contributed by atoms with Gasteiger partial charge in [0, 0.05) is 0 Å². The fourth-order valence-corrected chi connectivity index (χ4v) is 2.31. The summed E-state index contributed by atoms with van der Waals surface area (Å²) in [6, 6.07) is 13.0. The minimum Gasteiger partial charge on any atom is -0.489 e. The van der Waals surface area contributed by atoms with Gasteiger partial charge in [-0.3, -0.25) is 0 Å². The molecule has 7 heteroatoms. The highest BCUT2D eigenvalue weighted by atomic mass is 35.5. The number of oxime groups is 1. The van der Waals surface area contributed by atoms with Gasteiger partial charge in [-0.2, -0.15) is 0 Å². The normalized spacial score (nSPS) is 11.6. The average Bonchev–Trinajstić information content (AvgIpc) is 2.67. The first kappa shape index (κ1) is 23.9. The van der Waals surface area contributed by atoms with Crippen molar-refractivity contribution in [3.05, 3.63) is 58.6 Å². The number of halogens is 2. The second kappa shape index (κ2) is 11.1. The lowest BCUT2D eigenvalue weighted by Gasteiger charge is -2.16. The van der Waals surface area contributed by atoms with E-state index in [9.17, 15) is 0 Å². The van der Waals surface area contributed by atoms with E-state index in [1.54, 1.807) is 6.08 Å². The van der Waals surface area contributed by atoms with E-state index in [1.165, 1.54) is 0 Å². The molecule has 2 aromatic rings. The molecule has 162 valence electrons. The van der Waals surface area contributed by atoms with Crippen LogP contribution >= 0.6 is 23.2 Å². The molecule has 0 radical (unpaired) electrons. The van der Waals surface area contributed by atoms with Crippen molar-refractivity contribution in [1.29, 1.82) is 0 Å². The Morgan fingerprint density at radius 3 is 2.20 bits per heavy atom. The number of ether oxygens (including phenoxy) is 3. The molecule has 0 unspecified atom stereocenters. The van der Waals surface area contributed by atoms with E-state index in [2.05, 4.69) is 5.16 Å². The second-order valence-corrected chi connectivity index (χ2v) is 8.63. The summed E-state index contributed by atoms with van der Waals surface area (Å²) in [5, 5.41) is 4.07. The van der Waals surface area contributed by atoms with Gasteiger partial charge in [-0.25, -0.2) is 0 Å². The SMILES string of the molecule is CC(COc1ccc(Oc2ccc(OCC=C(Cl)Cl)cc2C)cc1)=NOC(C)(C)C. The van der Waals surface area contributed by atoms with E-state index in [-0.39, 0.29) is 10.1 Å². The summed E-state index contributed by atoms with van der Waals surface area (Å²) in [5.41, 5.74) is 1.38. The molecule has 0 atom stereocenters. The minimum atomic E-state index is -0.322. The Bertz CT molecular complexity index is 883. The summed E-state index contributed by atoms with van der Waals surface area (Å²) in [4.78, 5) is 5.38. The van der Waals surface area contributed by atoms with E-state index in [0.717, 1.165) is 22.8 Å². The molecule has 0 fully saturated rings. The lowest BCUT2D eigenvalue weighted by atomic mass is 10.2. The van der Waals surface area contributed by atoms with Gasteiger partial charge in [0.05, 0.1) is 5.71 Å². The summed E-state index contributed by atoms with van der Waals surface area (Å²) in [6.07, 6.45) is 1.58. The van der Waals surface area contributed by atoms with Gasteiger partial charge >= 0.3 is 0 Å². The summed E-state index contributed by atoms with van der Waals surface area (Å²) in [7, 11) is 0. The number of aryl methyl sites for hydroxylation is 1. The molecule has 0 spiro atoms. The van der Waals surface area contributed by atoms with Crippen LogP contribution in [0, 0.1) is 6.92 Å². The van der Waals surface area contributed by atoms with Crippen molar-refractivity contribution >= 4 is 28.9 Å². The van der Waals surface area contributed by atoms with Crippen molar-refractivity contribution in [3.63, 3.8) is 0 Å². The van der Waals surface area contributed by atoms with Crippen LogP contribution in [0.25, 0.3) is 0 Å². The molecule has 30 heavy (non-hydrogen) atoms. The Labute approximate surface area is 188 Å². The quantitative estimate of drug-likeness (QED) is 0.302. The number of hydrogen-bond acceptors (Lipinski definition) is 5. The van der Waals surface area contributed by atoms with Crippen molar-refractivity contribution in [2.45, 2.75) is 40.2 Å². The molecule has 0 bridgehead atoms. The molecule has 0 aliphatic heterocycles. The van der Waals surface area contributed by atoms with Gasteiger partial charge in [0.2, 0.25) is 0 Å². The summed E-state index contributed by atoms with van der Waals surface area (Å²) >= 11 is 11.1. The molecule has 2 aromatic carbocycles. The first-order chi connectivity index (χ1) is 14.1. The maximum atomic E-state index is 5.95. The number of hydrogen-bond donors (Lipinski definition) is 0. The molecule has 0 N–H and O–H groups in total. The Morgan fingerprint density at radius 2 is 1.60 bits per heavy atom. The monoisotopic (exact) mass is 451 g/mol. The zero-order valence-corrected chi connectivity index (χ0v) is 19.4. The largest absolute Gasteiger partial charge is 0.489 e. The first-order valence-electron chi connectivity index (χ1n) is 9.49. The smallest absolute Gasteiger partial charge is 0.130 e. The maximum Gasteiger partial charge on any atom is 0.130 e. The van der Waals surface area contributed by atoms with Crippen LogP contribution in [-0.4, -0.2) is 24.5 Å². The summed E-state index contributed by atoms with van der Waals surface area (Å²) in [6.45, 7) is 10.3. The third-order valence-electron chi connectivity index (χ3n) is 3.61. The summed E-state index contributed by atoms with van der Waals surface area (Å²) in [5.74, 6) is 2.88. The highest BCUT2D eigenvalue weighted by Gasteiger charge is 2.10. The van der Waals surface area contributed by atoms with Crippen LogP contribution < -0.4 is 14.2 Å². The molecule has 0 amide bonds. The predicted octanol–water partition coefficient (Wildman–Crippen LogP) is 7.05. The Kier molecular flexibility index (Phi) is 8.88. The number of benzene rings is 2. The fourth-order valence-electron chi connectivity index (χ4n) is 2.19. The van der Waals surface area contributed by atoms with Gasteiger partial charge in [-0.05, 0) is 88.7 Å². The van der Waals surface area contributed by atoms with Gasteiger partial charge in [0.1, 0.15) is 46.3 Å². The summed E-state index contributed by atoms with van der Waals surface area (Å²) < 4.78 is 17.4. The van der Waals surface area contributed by atoms with E-state index in [1.807, 2.05) is 77.1 Å². The van der Waals surface area contributed by atoms with Crippen molar-refractivity contribution in [2.75, 3.05) is 13.2 Å². The zero-order valence-electron chi connectivity index (χ0n) is 17.9. The number of rotatable bonds is 9. The highest BCUT2D eigenvalue weighted by Crippen LogP contribution is 2.29. The Balaban J connectivity index is 1.90. The molecule has 0 aromatic heterocycles. The third-order valence-corrected chi connectivity index (χ3v) is 3.92. The molecule has 2 rings (SSSR count). The second-order valence-electron chi connectivity index (χ2n) is 7.62. The molecular weight excluding hydrogens is 425 g/mol. The van der Waals surface area contributed by atoms with Gasteiger partial charge in [0.25, 0.3) is 0 Å². The van der Waals surface area contributed by atoms with E-state index >= 15 is 0 Å². The fraction of sp³-hybridized carbons (Fsp3) is 0.348. The minimum absolute atomic E-state index is 0.180. The van der Waals surface area contributed by atoms with Crippen LogP contribution in [0.15, 0.2) is 58.2 Å². The maximum absolute atomic E-state index is 5.95. The van der Waals surface area contributed by atoms with Crippen molar-refractivity contribution in [1.82, 2.24) is 0 Å². The van der Waals surface area contributed by atoms with Crippen molar-refractivity contribution in [2.24, 2.45) is 5.16 Å². The van der Waals surface area contributed by atoms with Crippen LogP contribution in [0.5, 0.6) is 23.0 Å². The Morgan fingerprint density at radius 1 is 0.967 bits per heavy atom. The van der Waals surface area contributed by atoms with Crippen LogP contribution in [-0.2, 0) is 4.84 Å². The van der Waals surface area contributed by atoms with Gasteiger partial charge in [-0.1, -0.05) is 28.4 Å². The van der Waals surface area contributed by atoms with Gasteiger partial charge in [-0.15, -0.1) is 0 Å². The molecule has 0 saturated carbocycles.